The minimum atomic E-state index is -4.82. The number of anilines is 1. The molecule has 162 valence electrons. The van der Waals surface area contributed by atoms with Crippen LogP contribution < -0.4 is 11.1 Å². The predicted molar refractivity (Wildman–Crippen MR) is 97.8 cm³/mol. The van der Waals surface area contributed by atoms with Crippen molar-refractivity contribution in [2.75, 3.05) is 5.32 Å². The highest BCUT2D eigenvalue weighted by atomic mass is 19.4. The first-order chi connectivity index (χ1) is 14.4. The monoisotopic (exact) mass is 439 g/mol. The van der Waals surface area contributed by atoms with Crippen molar-refractivity contribution < 1.29 is 31.5 Å². The summed E-state index contributed by atoms with van der Waals surface area (Å²) >= 11 is 0. The first-order valence-electron chi connectivity index (χ1n) is 8.68. The summed E-state index contributed by atoms with van der Waals surface area (Å²) in [7, 11) is 0. The van der Waals surface area contributed by atoms with Crippen molar-refractivity contribution in [3.63, 3.8) is 0 Å². The Bertz CT molecular complexity index is 1090. The third kappa shape index (κ3) is 4.55. The lowest BCUT2D eigenvalue weighted by Gasteiger charge is -2.36. The first kappa shape index (κ1) is 21.9. The Labute approximate surface area is 172 Å². The largest absolute Gasteiger partial charge is 0.452 e. The van der Waals surface area contributed by atoms with E-state index in [1.54, 1.807) is 0 Å². The van der Waals surface area contributed by atoms with Gasteiger partial charge in [-0.15, -0.1) is 0 Å². The Balaban J connectivity index is 1.96. The van der Waals surface area contributed by atoms with Crippen LogP contribution in [0.15, 0.2) is 35.5 Å². The Morgan fingerprint density at radius 3 is 2.65 bits per heavy atom. The predicted octanol–water partition coefficient (Wildman–Crippen LogP) is 3.36. The second kappa shape index (κ2) is 7.82. The number of aliphatic imine (C=N–C) groups is 1. The van der Waals surface area contributed by atoms with Crippen LogP contribution in [0.2, 0.25) is 0 Å². The van der Waals surface area contributed by atoms with Crippen LogP contribution in [0, 0.1) is 23.0 Å². The molecule has 0 spiro atoms. The zero-order valence-electron chi connectivity index (χ0n) is 15.8. The zero-order valence-corrected chi connectivity index (χ0v) is 15.8. The van der Waals surface area contributed by atoms with Crippen LogP contribution >= 0.6 is 0 Å². The summed E-state index contributed by atoms with van der Waals surface area (Å²) in [5.41, 5.74) is 2.73. The summed E-state index contributed by atoms with van der Waals surface area (Å²) in [6.07, 6.45) is -6.91. The maximum absolute atomic E-state index is 14.5. The number of hydrogen-bond acceptors (Lipinski definition) is 6. The van der Waals surface area contributed by atoms with E-state index in [0.29, 0.717) is 6.07 Å². The van der Waals surface area contributed by atoms with Crippen molar-refractivity contribution in [1.29, 1.82) is 5.26 Å². The Kier molecular flexibility index (Phi) is 5.54. The van der Waals surface area contributed by atoms with Gasteiger partial charge in [-0.2, -0.15) is 18.4 Å². The minimum Gasteiger partial charge on any atom is -0.452 e. The number of rotatable bonds is 3. The molecule has 2 heterocycles. The summed E-state index contributed by atoms with van der Waals surface area (Å²) < 4.78 is 72.7. The molecule has 0 saturated carbocycles. The molecule has 0 fully saturated rings. The SMILES string of the molecule is CC1(c2cc(NC(=O)c3ccc(C#N)cn3)cc(F)c2F)CC(C(F)(F)F)OC(N)=N1. The van der Waals surface area contributed by atoms with Crippen LogP contribution in [-0.4, -0.2) is 29.2 Å². The van der Waals surface area contributed by atoms with Gasteiger partial charge >= 0.3 is 6.18 Å². The number of carbonyl (C=O) groups is 1. The van der Waals surface area contributed by atoms with E-state index in [1.165, 1.54) is 12.1 Å². The van der Waals surface area contributed by atoms with Crippen LogP contribution in [0.5, 0.6) is 0 Å². The van der Waals surface area contributed by atoms with Crippen molar-refractivity contribution in [2.45, 2.75) is 31.2 Å². The van der Waals surface area contributed by atoms with Crippen molar-refractivity contribution in [3.05, 3.63) is 58.9 Å². The molecule has 0 bridgehead atoms. The van der Waals surface area contributed by atoms with E-state index in [1.807, 2.05) is 6.07 Å². The van der Waals surface area contributed by atoms with E-state index in [2.05, 4.69) is 20.0 Å². The number of nitrogens with zero attached hydrogens (tertiary/aromatic N) is 3. The van der Waals surface area contributed by atoms with Gasteiger partial charge in [-0.1, -0.05) is 0 Å². The quantitative estimate of drug-likeness (QED) is 0.712. The summed E-state index contributed by atoms with van der Waals surface area (Å²) in [5.74, 6) is -3.66. The van der Waals surface area contributed by atoms with Gasteiger partial charge in [-0.05, 0) is 25.1 Å². The third-order valence-electron chi connectivity index (χ3n) is 4.56. The molecule has 12 heteroatoms. The van der Waals surface area contributed by atoms with Crippen molar-refractivity contribution in [1.82, 2.24) is 4.98 Å². The van der Waals surface area contributed by atoms with E-state index in [4.69, 9.17) is 11.0 Å². The lowest BCUT2D eigenvalue weighted by atomic mass is 9.85. The maximum Gasteiger partial charge on any atom is 0.425 e. The molecule has 2 unspecified atom stereocenters. The van der Waals surface area contributed by atoms with E-state index in [0.717, 1.165) is 19.2 Å². The normalized spacial score (nSPS) is 20.9. The molecule has 2 aromatic rings. The number of alkyl halides is 3. The molecular formula is C19H14F5N5O2. The Morgan fingerprint density at radius 2 is 2.06 bits per heavy atom. The Hall–Kier alpha value is -3.75. The molecule has 3 rings (SSSR count). The van der Waals surface area contributed by atoms with Gasteiger partial charge in [0.25, 0.3) is 11.9 Å². The first-order valence-corrected chi connectivity index (χ1v) is 8.68. The van der Waals surface area contributed by atoms with E-state index < -0.39 is 53.4 Å². The number of amidine groups is 1. The molecule has 3 N–H and O–H groups in total. The second-order valence-electron chi connectivity index (χ2n) is 6.89. The van der Waals surface area contributed by atoms with Crippen molar-refractivity contribution in [2.24, 2.45) is 10.7 Å². The van der Waals surface area contributed by atoms with E-state index in [-0.39, 0.29) is 16.9 Å². The van der Waals surface area contributed by atoms with Gasteiger partial charge in [-0.25, -0.2) is 18.8 Å². The van der Waals surface area contributed by atoms with E-state index >= 15 is 0 Å². The molecule has 1 aromatic heterocycles. The number of hydrogen-bond donors (Lipinski definition) is 2. The van der Waals surface area contributed by atoms with E-state index in [9.17, 15) is 26.7 Å². The summed E-state index contributed by atoms with van der Waals surface area (Å²) in [5, 5.41) is 11.0. The number of amides is 1. The number of pyridine rings is 1. The van der Waals surface area contributed by atoms with Crippen LogP contribution in [-0.2, 0) is 10.3 Å². The van der Waals surface area contributed by atoms with Crippen molar-refractivity contribution in [3.8, 4) is 6.07 Å². The lowest BCUT2D eigenvalue weighted by Crippen LogP contribution is -2.46. The summed E-state index contributed by atoms with van der Waals surface area (Å²) in [4.78, 5) is 19.9. The van der Waals surface area contributed by atoms with Gasteiger partial charge in [-0.3, -0.25) is 4.79 Å². The molecule has 1 amide bonds. The third-order valence-corrected chi connectivity index (χ3v) is 4.56. The maximum atomic E-state index is 14.5. The fourth-order valence-corrected chi connectivity index (χ4v) is 3.06. The fraction of sp³-hybridized carbons (Fsp3) is 0.263. The van der Waals surface area contributed by atoms with Gasteiger partial charge in [0.15, 0.2) is 17.7 Å². The molecule has 1 aromatic carbocycles. The van der Waals surface area contributed by atoms with Crippen molar-refractivity contribution >= 4 is 17.6 Å². The average Bonchev–Trinajstić information content (AvgIpc) is 2.69. The standard InChI is InChI=1S/C19H14F5N5O2/c1-18(6-14(19(22,23)24)31-17(26)29-18)11-4-10(5-12(20)15(11)21)28-16(30)13-3-2-9(7-25)8-27-13/h2-5,8,14H,6H2,1H3,(H2,26,29)(H,28,30). The number of ether oxygens (including phenoxy) is 1. The number of carbonyl (C=O) groups excluding carboxylic acids is 1. The summed E-state index contributed by atoms with van der Waals surface area (Å²) in [6, 6.07) is 5.20. The molecular weight excluding hydrogens is 425 g/mol. The summed E-state index contributed by atoms with van der Waals surface area (Å²) in [6.45, 7) is 1.15. The number of nitrogens with one attached hydrogen (secondary N) is 1. The molecule has 0 radical (unpaired) electrons. The molecule has 0 saturated heterocycles. The second-order valence-corrected chi connectivity index (χ2v) is 6.89. The molecule has 31 heavy (non-hydrogen) atoms. The number of benzene rings is 1. The van der Waals surface area contributed by atoms with Gasteiger partial charge in [0.05, 0.1) is 11.1 Å². The minimum absolute atomic E-state index is 0.123. The van der Waals surface area contributed by atoms with Gasteiger partial charge in [0.1, 0.15) is 11.8 Å². The lowest BCUT2D eigenvalue weighted by molar-refractivity contribution is -0.208. The highest BCUT2D eigenvalue weighted by Gasteiger charge is 2.50. The number of nitrogens with two attached hydrogens (primary N) is 1. The van der Waals surface area contributed by atoms with Crippen LogP contribution in [0.25, 0.3) is 0 Å². The fourth-order valence-electron chi connectivity index (χ4n) is 3.06. The number of aromatic nitrogens is 1. The molecule has 1 aliphatic rings. The topological polar surface area (TPSA) is 113 Å². The molecule has 1 aliphatic heterocycles. The Morgan fingerprint density at radius 1 is 1.35 bits per heavy atom. The van der Waals surface area contributed by atoms with Crippen LogP contribution in [0.1, 0.15) is 35.0 Å². The molecule has 2 atom stereocenters. The average molecular weight is 439 g/mol. The molecule has 0 aliphatic carbocycles. The smallest absolute Gasteiger partial charge is 0.425 e. The van der Waals surface area contributed by atoms with Gasteiger partial charge in [0, 0.05) is 29.9 Å². The highest BCUT2D eigenvalue weighted by Crippen LogP contribution is 2.41. The zero-order chi connectivity index (χ0) is 23.0. The highest BCUT2D eigenvalue weighted by molar-refractivity contribution is 6.02. The number of halogens is 5. The number of nitriles is 1. The van der Waals surface area contributed by atoms with Crippen LogP contribution in [0.3, 0.4) is 0 Å². The van der Waals surface area contributed by atoms with Gasteiger partial charge < -0.3 is 15.8 Å². The van der Waals surface area contributed by atoms with Crippen LogP contribution in [0.4, 0.5) is 27.6 Å². The molecule has 7 nitrogen and oxygen atoms in total. The van der Waals surface area contributed by atoms with Gasteiger partial charge in [0.2, 0.25) is 0 Å².